The van der Waals surface area contributed by atoms with Crippen LogP contribution in [0.15, 0.2) is 23.1 Å². The van der Waals surface area contributed by atoms with Crippen LogP contribution in [0.5, 0.6) is 0 Å². The molecule has 0 aliphatic rings. The van der Waals surface area contributed by atoms with Gasteiger partial charge in [0.15, 0.2) is 0 Å². The van der Waals surface area contributed by atoms with E-state index in [1.165, 1.54) is 0 Å². The molecule has 0 spiro atoms. The van der Waals surface area contributed by atoms with E-state index in [1.807, 2.05) is 6.07 Å². The van der Waals surface area contributed by atoms with Crippen LogP contribution in [-0.4, -0.2) is 12.3 Å². The lowest BCUT2D eigenvalue weighted by molar-refractivity contribution is 0.620. The smallest absolute Gasteiger partial charge is 0.124 e. The summed E-state index contributed by atoms with van der Waals surface area (Å²) in [6, 6.07) is 5.21. The van der Waals surface area contributed by atoms with Crippen LogP contribution in [-0.2, 0) is 6.42 Å². The molecular formula is C13H20FNS. The minimum Gasteiger partial charge on any atom is -0.330 e. The molecule has 1 rings (SSSR count). The first kappa shape index (κ1) is 13.5. The van der Waals surface area contributed by atoms with Crippen LogP contribution < -0.4 is 5.73 Å². The van der Waals surface area contributed by atoms with Gasteiger partial charge in [-0.25, -0.2) is 4.39 Å². The summed E-state index contributed by atoms with van der Waals surface area (Å²) in [5, 5.41) is 0. The van der Waals surface area contributed by atoms with Crippen LogP contribution >= 0.6 is 11.8 Å². The second-order valence-electron chi connectivity index (χ2n) is 4.36. The maximum atomic E-state index is 13.3. The van der Waals surface area contributed by atoms with Gasteiger partial charge in [-0.2, -0.15) is 0 Å². The normalized spacial score (nSPS) is 11.1. The molecule has 1 nitrogen and oxygen atoms in total. The van der Waals surface area contributed by atoms with Crippen LogP contribution in [0.25, 0.3) is 0 Å². The van der Waals surface area contributed by atoms with E-state index in [2.05, 4.69) is 13.8 Å². The minimum atomic E-state index is -0.155. The van der Waals surface area contributed by atoms with E-state index < -0.39 is 0 Å². The monoisotopic (exact) mass is 241 g/mol. The summed E-state index contributed by atoms with van der Waals surface area (Å²) < 4.78 is 13.3. The van der Waals surface area contributed by atoms with Crippen molar-refractivity contribution in [2.75, 3.05) is 12.3 Å². The van der Waals surface area contributed by atoms with Crippen LogP contribution in [0.2, 0.25) is 0 Å². The predicted octanol–water partition coefficient (Wildman–Crippen LogP) is 3.47. The Balaban J connectivity index is 2.58. The van der Waals surface area contributed by atoms with Crippen molar-refractivity contribution < 1.29 is 4.39 Å². The lowest BCUT2D eigenvalue weighted by Gasteiger charge is -2.06. The Morgan fingerprint density at radius 3 is 2.69 bits per heavy atom. The van der Waals surface area contributed by atoms with E-state index in [4.69, 9.17) is 5.73 Å². The average molecular weight is 241 g/mol. The van der Waals surface area contributed by atoms with Crippen LogP contribution in [0.3, 0.4) is 0 Å². The number of nitrogens with two attached hydrogens (primary N) is 1. The van der Waals surface area contributed by atoms with Crippen molar-refractivity contribution >= 4 is 11.8 Å². The molecule has 90 valence electrons. The molecule has 16 heavy (non-hydrogen) atoms. The summed E-state index contributed by atoms with van der Waals surface area (Å²) in [7, 11) is 0. The van der Waals surface area contributed by atoms with Crippen molar-refractivity contribution in [2.24, 2.45) is 11.7 Å². The summed E-state index contributed by atoms with van der Waals surface area (Å²) in [5.74, 6) is 1.59. The summed E-state index contributed by atoms with van der Waals surface area (Å²) in [5.41, 5.74) is 6.47. The van der Waals surface area contributed by atoms with Crippen molar-refractivity contribution in [3.63, 3.8) is 0 Å². The van der Waals surface area contributed by atoms with E-state index in [9.17, 15) is 4.39 Å². The highest BCUT2D eigenvalue weighted by Gasteiger charge is 2.02. The lowest BCUT2D eigenvalue weighted by atomic mass is 10.1. The number of hydrogen-bond acceptors (Lipinski definition) is 2. The number of thioether (sulfide) groups is 1. The molecule has 2 N–H and O–H groups in total. The zero-order valence-electron chi connectivity index (χ0n) is 10.0. The molecule has 0 aromatic heterocycles. The molecule has 1 aromatic rings. The van der Waals surface area contributed by atoms with Gasteiger partial charge in [0.1, 0.15) is 5.82 Å². The number of halogens is 1. The summed E-state index contributed by atoms with van der Waals surface area (Å²) in [6.07, 6.45) is 1.91. The molecule has 0 atom stereocenters. The summed E-state index contributed by atoms with van der Waals surface area (Å²) in [4.78, 5) is 1.02. The van der Waals surface area contributed by atoms with E-state index in [0.29, 0.717) is 12.5 Å². The Labute approximate surface area is 102 Å². The maximum absolute atomic E-state index is 13.3. The van der Waals surface area contributed by atoms with Gasteiger partial charge in [-0.1, -0.05) is 13.8 Å². The fourth-order valence-corrected chi connectivity index (χ4v) is 2.68. The van der Waals surface area contributed by atoms with Crippen LogP contribution in [0.4, 0.5) is 4.39 Å². The molecule has 0 radical (unpaired) electrons. The van der Waals surface area contributed by atoms with Gasteiger partial charge in [-0.05, 0) is 54.8 Å². The number of hydrogen-bond donors (Lipinski definition) is 1. The first-order valence-electron chi connectivity index (χ1n) is 5.74. The molecule has 0 bridgehead atoms. The molecular weight excluding hydrogens is 221 g/mol. The molecule has 3 heteroatoms. The third-order valence-corrected chi connectivity index (χ3v) is 3.34. The summed E-state index contributed by atoms with van der Waals surface area (Å²) in [6.45, 7) is 4.97. The fraction of sp³-hybridized carbons (Fsp3) is 0.538. The number of benzene rings is 1. The van der Waals surface area contributed by atoms with Gasteiger partial charge >= 0.3 is 0 Å². The predicted molar refractivity (Wildman–Crippen MR) is 69.3 cm³/mol. The highest BCUT2D eigenvalue weighted by molar-refractivity contribution is 7.99. The van der Waals surface area contributed by atoms with Gasteiger partial charge in [0.25, 0.3) is 0 Å². The average Bonchev–Trinajstić information content (AvgIpc) is 2.16. The Kier molecular flexibility index (Phi) is 5.85. The minimum absolute atomic E-state index is 0.155. The molecule has 0 aliphatic carbocycles. The fourth-order valence-electron chi connectivity index (χ4n) is 1.43. The van der Waals surface area contributed by atoms with Gasteiger partial charge < -0.3 is 5.73 Å². The molecule has 0 aliphatic heterocycles. The maximum Gasteiger partial charge on any atom is 0.124 e. The molecule has 0 saturated carbocycles. The largest absolute Gasteiger partial charge is 0.330 e. The van der Waals surface area contributed by atoms with Gasteiger partial charge in [0.2, 0.25) is 0 Å². The second-order valence-corrected chi connectivity index (χ2v) is 5.53. The van der Waals surface area contributed by atoms with Gasteiger partial charge in [0.05, 0.1) is 0 Å². The standard InChI is InChI=1S/C13H20FNS/c1-10(2)4-6-16-13-8-11(3-5-15)7-12(14)9-13/h7-10H,3-6,15H2,1-2H3. The van der Waals surface area contributed by atoms with Crippen LogP contribution in [0.1, 0.15) is 25.8 Å². The van der Waals surface area contributed by atoms with Gasteiger partial charge in [0, 0.05) is 4.90 Å². The van der Waals surface area contributed by atoms with E-state index in [0.717, 1.165) is 29.1 Å². The van der Waals surface area contributed by atoms with Crippen molar-refractivity contribution in [1.29, 1.82) is 0 Å². The third-order valence-electron chi connectivity index (χ3n) is 2.33. The lowest BCUT2D eigenvalue weighted by Crippen LogP contribution is -2.03. The Morgan fingerprint density at radius 1 is 1.31 bits per heavy atom. The zero-order chi connectivity index (χ0) is 12.0. The molecule has 0 amide bonds. The molecule has 1 aromatic carbocycles. The Bertz CT molecular complexity index is 326. The molecule has 0 unspecified atom stereocenters. The molecule has 0 saturated heterocycles. The Morgan fingerprint density at radius 2 is 2.06 bits per heavy atom. The topological polar surface area (TPSA) is 26.0 Å². The first-order chi connectivity index (χ1) is 7.61. The van der Waals surface area contributed by atoms with Gasteiger partial charge in [-0.15, -0.1) is 11.8 Å². The van der Waals surface area contributed by atoms with E-state index in [-0.39, 0.29) is 5.82 Å². The van der Waals surface area contributed by atoms with E-state index >= 15 is 0 Å². The first-order valence-corrected chi connectivity index (χ1v) is 6.72. The SMILES string of the molecule is CC(C)CCSc1cc(F)cc(CCN)c1. The van der Waals surface area contributed by atoms with Crippen molar-refractivity contribution in [3.05, 3.63) is 29.6 Å². The highest BCUT2D eigenvalue weighted by Crippen LogP contribution is 2.23. The second kappa shape index (κ2) is 6.92. The van der Waals surface area contributed by atoms with E-state index in [1.54, 1.807) is 23.9 Å². The van der Waals surface area contributed by atoms with Gasteiger partial charge in [-0.3, -0.25) is 0 Å². The summed E-state index contributed by atoms with van der Waals surface area (Å²) >= 11 is 1.72. The quantitative estimate of drug-likeness (QED) is 0.772. The molecule has 0 heterocycles. The van der Waals surface area contributed by atoms with Crippen molar-refractivity contribution in [2.45, 2.75) is 31.6 Å². The van der Waals surface area contributed by atoms with Crippen molar-refractivity contribution in [3.8, 4) is 0 Å². The van der Waals surface area contributed by atoms with Crippen molar-refractivity contribution in [1.82, 2.24) is 0 Å². The third kappa shape index (κ3) is 4.99. The highest BCUT2D eigenvalue weighted by atomic mass is 32.2. The number of rotatable bonds is 6. The van der Waals surface area contributed by atoms with Crippen LogP contribution in [0, 0.1) is 11.7 Å². The zero-order valence-corrected chi connectivity index (χ0v) is 10.8. The molecule has 0 fully saturated rings. The Hall–Kier alpha value is -0.540.